The van der Waals surface area contributed by atoms with Gasteiger partial charge in [-0.25, -0.2) is 0 Å². The SMILES string of the molecule is CCCCC(=O)N1CCN(c2ccc(-c3c4c5ccccc5n3C4=O)cc2)CC1. The minimum atomic E-state index is 0.106. The lowest BCUT2D eigenvalue weighted by molar-refractivity contribution is -0.131. The first-order valence-corrected chi connectivity index (χ1v) is 10.5. The molecule has 0 spiro atoms. The minimum Gasteiger partial charge on any atom is -0.368 e. The van der Waals surface area contributed by atoms with Crippen molar-refractivity contribution in [1.29, 1.82) is 0 Å². The molecule has 29 heavy (non-hydrogen) atoms. The van der Waals surface area contributed by atoms with Gasteiger partial charge in [0, 0.05) is 43.7 Å². The van der Waals surface area contributed by atoms with Crippen LogP contribution >= 0.6 is 0 Å². The number of piperazine rings is 1. The number of fused-ring (bicyclic) bond motifs is 5. The van der Waals surface area contributed by atoms with Crippen molar-refractivity contribution in [3.8, 4) is 11.3 Å². The van der Waals surface area contributed by atoms with Crippen LogP contribution in [0.2, 0.25) is 0 Å². The molecule has 3 heterocycles. The van der Waals surface area contributed by atoms with E-state index in [0.29, 0.717) is 6.42 Å². The zero-order valence-electron chi connectivity index (χ0n) is 16.7. The van der Waals surface area contributed by atoms with E-state index in [1.54, 1.807) is 0 Å². The monoisotopic (exact) mass is 387 g/mol. The molecule has 0 N–H and O–H groups in total. The van der Waals surface area contributed by atoms with Crippen LogP contribution in [0.25, 0.3) is 22.2 Å². The normalized spacial score (nSPS) is 15.7. The van der Waals surface area contributed by atoms with E-state index in [0.717, 1.165) is 66.7 Å². The van der Waals surface area contributed by atoms with Crippen LogP contribution in [0.5, 0.6) is 0 Å². The number of nitrogens with zero attached hydrogens (tertiary/aromatic N) is 3. The lowest BCUT2D eigenvalue weighted by atomic mass is 10.0. The fourth-order valence-corrected chi connectivity index (χ4v) is 4.53. The number of carbonyl (C=O) groups is 2. The van der Waals surface area contributed by atoms with Gasteiger partial charge in [-0.1, -0.05) is 43.7 Å². The zero-order chi connectivity index (χ0) is 20.0. The third-order valence-electron chi connectivity index (χ3n) is 6.17. The molecule has 5 heteroatoms. The Balaban J connectivity index is 1.30. The molecular weight excluding hydrogens is 362 g/mol. The zero-order valence-corrected chi connectivity index (χ0v) is 16.7. The fraction of sp³-hybridized carbons (Fsp3) is 0.333. The van der Waals surface area contributed by atoms with Crippen LogP contribution < -0.4 is 4.90 Å². The van der Waals surface area contributed by atoms with Crippen molar-refractivity contribution in [3.05, 3.63) is 54.1 Å². The predicted molar refractivity (Wildman–Crippen MR) is 115 cm³/mol. The highest BCUT2D eigenvalue weighted by Gasteiger charge is 2.35. The second-order valence-electron chi connectivity index (χ2n) is 7.90. The number of aromatic nitrogens is 1. The smallest absolute Gasteiger partial charge is 0.265 e. The van der Waals surface area contributed by atoms with E-state index in [2.05, 4.69) is 36.1 Å². The quantitative estimate of drug-likeness (QED) is 0.517. The minimum absolute atomic E-state index is 0.106. The number of anilines is 1. The molecule has 5 rings (SSSR count). The van der Waals surface area contributed by atoms with Crippen LogP contribution in [0.3, 0.4) is 0 Å². The summed E-state index contributed by atoms with van der Waals surface area (Å²) in [6, 6.07) is 16.4. The van der Waals surface area contributed by atoms with Crippen LogP contribution in [-0.4, -0.2) is 47.5 Å². The molecule has 0 saturated carbocycles. The van der Waals surface area contributed by atoms with Gasteiger partial charge in [0.1, 0.15) is 0 Å². The first-order valence-electron chi connectivity index (χ1n) is 10.5. The Morgan fingerprint density at radius 3 is 2.38 bits per heavy atom. The highest BCUT2D eigenvalue weighted by molar-refractivity contribution is 6.26. The van der Waals surface area contributed by atoms with Crippen molar-refractivity contribution in [1.82, 2.24) is 9.47 Å². The molecule has 1 fully saturated rings. The highest BCUT2D eigenvalue weighted by Crippen LogP contribution is 2.42. The Morgan fingerprint density at radius 1 is 0.966 bits per heavy atom. The predicted octanol–water partition coefficient (Wildman–Crippen LogP) is 4.15. The maximum atomic E-state index is 12.4. The molecule has 3 aromatic rings. The van der Waals surface area contributed by atoms with Crippen LogP contribution in [0.15, 0.2) is 48.5 Å². The maximum Gasteiger partial charge on any atom is 0.265 e. The van der Waals surface area contributed by atoms with E-state index in [1.807, 2.05) is 33.7 Å². The number of hydrogen-bond acceptors (Lipinski definition) is 3. The van der Waals surface area contributed by atoms with Gasteiger partial charge in [-0.3, -0.25) is 14.2 Å². The van der Waals surface area contributed by atoms with E-state index in [1.165, 1.54) is 5.69 Å². The summed E-state index contributed by atoms with van der Waals surface area (Å²) < 4.78 is 1.82. The largest absolute Gasteiger partial charge is 0.368 e. The Labute approximate surface area is 170 Å². The first kappa shape index (κ1) is 18.0. The maximum absolute atomic E-state index is 12.4. The number of rotatable bonds is 5. The highest BCUT2D eigenvalue weighted by atomic mass is 16.2. The molecule has 2 aromatic carbocycles. The third kappa shape index (κ3) is 2.84. The molecule has 2 aliphatic rings. The summed E-state index contributed by atoms with van der Waals surface area (Å²) >= 11 is 0. The number of hydrogen-bond donors (Lipinski definition) is 0. The van der Waals surface area contributed by atoms with Crippen LogP contribution in [0.4, 0.5) is 5.69 Å². The number of amides is 1. The molecule has 0 unspecified atom stereocenters. The van der Waals surface area contributed by atoms with E-state index in [9.17, 15) is 9.59 Å². The summed E-state index contributed by atoms with van der Waals surface area (Å²) in [5.74, 6) is 0.392. The summed E-state index contributed by atoms with van der Waals surface area (Å²) in [5.41, 5.74) is 5.11. The fourth-order valence-electron chi connectivity index (χ4n) is 4.53. The Hall–Kier alpha value is -3.08. The topological polar surface area (TPSA) is 45.6 Å². The molecule has 1 aromatic heterocycles. The van der Waals surface area contributed by atoms with Crippen molar-refractivity contribution >= 4 is 28.4 Å². The average molecular weight is 387 g/mol. The van der Waals surface area contributed by atoms with Gasteiger partial charge >= 0.3 is 0 Å². The lowest BCUT2D eigenvalue weighted by Crippen LogP contribution is -2.48. The van der Waals surface area contributed by atoms with Gasteiger partial charge < -0.3 is 9.80 Å². The van der Waals surface area contributed by atoms with Crippen molar-refractivity contribution in [3.63, 3.8) is 0 Å². The van der Waals surface area contributed by atoms with Crippen molar-refractivity contribution in [2.45, 2.75) is 26.2 Å². The van der Waals surface area contributed by atoms with Gasteiger partial charge in [0.25, 0.3) is 5.91 Å². The first-order chi connectivity index (χ1) is 14.2. The average Bonchev–Trinajstić information content (AvgIpc) is 3.27. The lowest BCUT2D eigenvalue weighted by Gasteiger charge is -2.36. The number of benzene rings is 2. The van der Waals surface area contributed by atoms with Crippen LogP contribution in [-0.2, 0) is 4.79 Å². The molecule has 148 valence electrons. The summed E-state index contributed by atoms with van der Waals surface area (Å²) in [4.78, 5) is 28.9. The molecule has 0 radical (unpaired) electrons. The second-order valence-corrected chi connectivity index (χ2v) is 7.90. The van der Waals surface area contributed by atoms with Gasteiger partial charge in [-0.05, 0) is 30.2 Å². The number of para-hydroxylation sites is 1. The molecule has 1 amide bonds. The molecule has 0 atom stereocenters. The van der Waals surface area contributed by atoms with Gasteiger partial charge in [-0.2, -0.15) is 0 Å². The molecule has 0 aliphatic carbocycles. The molecular formula is C24H25N3O2. The molecule has 2 aliphatic heterocycles. The Morgan fingerprint density at radius 2 is 1.69 bits per heavy atom. The van der Waals surface area contributed by atoms with Gasteiger partial charge in [-0.15, -0.1) is 0 Å². The number of unbranched alkanes of at least 4 members (excludes halogenated alkanes) is 1. The van der Waals surface area contributed by atoms with Crippen LogP contribution in [0.1, 0.15) is 36.5 Å². The second kappa shape index (κ2) is 7.07. The van der Waals surface area contributed by atoms with E-state index >= 15 is 0 Å². The van der Waals surface area contributed by atoms with E-state index < -0.39 is 0 Å². The summed E-state index contributed by atoms with van der Waals surface area (Å²) in [5, 5.41) is 1.04. The summed E-state index contributed by atoms with van der Waals surface area (Å²) in [6.07, 6.45) is 2.70. The van der Waals surface area contributed by atoms with E-state index in [4.69, 9.17) is 0 Å². The standard InChI is InChI=1S/C24H25N3O2/c1-2-3-8-21(28)26-15-13-25(14-16-26)18-11-9-17(10-12-18)23-22-19-6-4-5-7-20(19)27(23)24(22)29/h4-7,9-12H,2-3,8,13-16H2,1H3. The summed E-state index contributed by atoms with van der Waals surface area (Å²) in [7, 11) is 0. The van der Waals surface area contributed by atoms with Gasteiger partial charge in [0.15, 0.2) is 0 Å². The molecule has 1 saturated heterocycles. The van der Waals surface area contributed by atoms with Crippen molar-refractivity contribution < 1.29 is 9.59 Å². The van der Waals surface area contributed by atoms with Crippen LogP contribution in [0, 0.1) is 0 Å². The number of carbonyl (C=O) groups excluding carboxylic acids is 2. The summed E-state index contributed by atoms with van der Waals surface area (Å²) in [6.45, 7) is 5.42. The van der Waals surface area contributed by atoms with Gasteiger partial charge in [0.05, 0.1) is 16.8 Å². The Bertz CT molecular complexity index is 1050. The Kier molecular flexibility index (Phi) is 4.38. The van der Waals surface area contributed by atoms with Crippen molar-refractivity contribution in [2.24, 2.45) is 0 Å². The third-order valence-corrected chi connectivity index (χ3v) is 6.17. The molecule has 5 nitrogen and oxygen atoms in total. The van der Waals surface area contributed by atoms with E-state index in [-0.39, 0.29) is 11.8 Å². The molecule has 2 bridgehead atoms. The van der Waals surface area contributed by atoms with Crippen molar-refractivity contribution in [2.75, 3.05) is 31.1 Å². The van der Waals surface area contributed by atoms with Gasteiger partial charge in [0.2, 0.25) is 5.91 Å².